The van der Waals surface area contributed by atoms with Gasteiger partial charge >= 0.3 is 0 Å². The number of amides is 1. The van der Waals surface area contributed by atoms with Crippen LogP contribution in [0, 0.1) is 18.8 Å². The van der Waals surface area contributed by atoms with E-state index in [1.807, 2.05) is 25.1 Å². The van der Waals surface area contributed by atoms with Gasteiger partial charge in [-0.2, -0.15) is 4.68 Å². The zero-order valence-electron chi connectivity index (χ0n) is 16.3. The number of benzene rings is 1. The molecular weight excluding hydrogens is 362 g/mol. The van der Waals surface area contributed by atoms with Crippen molar-refractivity contribution < 1.29 is 9.53 Å². The van der Waals surface area contributed by atoms with Crippen LogP contribution in [-0.2, 0) is 4.79 Å². The number of tetrazole rings is 1. The van der Waals surface area contributed by atoms with Crippen molar-refractivity contribution in [2.24, 2.45) is 11.8 Å². The number of carbonyl (C=O) groups is 1. The zero-order chi connectivity index (χ0) is 19.4. The third-order valence-corrected chi connectivity index (χ3v) is 6.31. The summed E-state index contributed by atoms with van der Waals surface area (Å²) in [6.45, 7) is 6.49. The first-order valence-electron chi connectivity index (χ1n) is 9.35. The third-order valence-electron chi connectivity index (χ3n) is 5.39. The molecule has 3 rings (SSSR count). The Balaban J connectivity index is 1.65. The molecule has 0 bridgehead atoms. The minimum atomic E-state index is 0.0247. The Hall–Kier alpha value is -2.09. The van der Waals surface area contributed by atoms with Crippen molar-refractivity contribution in [1.29, 1.82) is 0 Å². The first-order valence-corrected chi connectivity index (χ1v) is 10.3. The Morgan fingerprint density at radius 2 is 2.19 bits per heavy atom. The molecule has 1 aromatic carbocycles. The number of hydrogen-bond acceptors (Lipinski definition) is 6. The summed E-state index contributed by atoms with van der Waals surface area (Å²) in [4.78, 5) is 12.4. The number of rotatable bonds is 6. The minimum absolute atomic E-state index is 0.0247. The summed E-state index contributed by atoms with van der Waals surface area (Å²) in [5.74, 6) is 2.15. The molecule has 27 heavy (non-hydrogen) atoms. The number of hydrogen-bond donors (Lipinski definition) is 1. The molecule has 1 heterocycles. The fourth-order valence-corrected chi connectivity index (χ4v) is 4.24. The highest BCUT2D eigenvalue weighted by Crippen LogP contribution is 2.30. The molecule has 0 spiro atoms. The first kappa shape index (κ1) is 19.7. The van der Waals surface area contributed by atoms with Crippen molar-refractivity contribution in [3.63, 3.8) is 0 Å². The van der Waals surface area contributed by atoms with E-state index in [1.54, 1.807) is 11.8 Å². The molecule has 7 nitrogen and oxygen atoms in total. The van der Waals surface area contributed by atoms with E-state index in [2.05, 4.69) is 34.7 Å². The quantitative estimate of drug-likeness (QED) is 0.765. The predicted molar refractivity (Wildman–Crippen MR) is 105 cm³/mol. The zero-order valence-corrected chi connectivity index (χ0v) is 17.1. The first-order chi connectivity index (χ1) is 13.0. The molecule has 1 aliphatic carbocycles. The van der Waals surface area contributed by atoms with Crippen molar-refractivity contribution in [3.8, 4) is 11.4 Å². The van der Waals surface area contributed by atoms with Gasteiger partial charge in [0.05, 0.1) is 12.9 Å². The van der Waals surface area contributed by atoms with Gasteiger partial charge in [-0.1, -0.05) is 44.5 Å². The van der Waals surface area contributed by atoms with Crippen LogP contribution in [-0.4, -0.2) is 45.0 Å². The molecule has 2 aromatic rings. The van der Waals surface area contributed by atoms with Gasteiger partial charge in [0.15, 0.2) is 0 Å². The molecule has 1 aliphatic rings. The summed E-state index contributed by atoms with van der Waals surface area (Å²) in [5.41, 5.74) is 1.84. The van der Waals surface area contributed by atoms with Crippen LogP contribution in [0.4, 0.5) is 0 Å². The number of nitrogens with zero attached hydrogens (tertiary/aromatic N) is 4. The summed E-state index contributed by atoms with van der Waals surface area (Å²) in [5, 5.41) is 15.7. The highest BCUT2D eigenvalue weighted by Gasteiger charge is 2.28. The van der Waals surface area contributed by atoms with E-state index in [0.717, 1.165) is 17.7 Å². The normalized spacial score (nSPS) is 22.4. The van der Waals surface area contributed by atoms with Crippen molar-refractivity contribution in [2.75, 3.05) is 12.9 Å². The van der Waals surface area contributed by atoms with Crippen LogP contribution >= 0.6 is 11.8 Å². The largest absolute Gasteiger partial charge is 0.494 e. The molecule has 0 unspecified atom stereocenters. The van der Waals surface area contributed by atoms with Gasteiger partial charge in [0.2, 0.25) is 11.1 Å². The van der Waals surface area contributed by atoms with Gasteiger partial charge in [-0.25, -0.2) is 0 Å². The molecule has 1 saturated carbocycles. The molecule has 0 aliphatic heterocycles. The monoisotopic (exact) mass is 389 g/mol. The van der Waals surface area contributed by atoms with E-state index in [9.17, 15) is 4.79 Å². The number of ether oxygens (including phenoxy) is 1. The van der Waals surface area contributed by atoms with Crippen LogP contribution in [0.25, 0.3) is 5.69 Å². The average molecular weight is 390 g/mol. The van der Waals surface area contributed by atoms with Crippen LogP contribution in [0.2, 0.25) is 0 Å². The second-order valence-electron chi connectivity index (χ2n) is 7.28. The molecular formula is C19H27N5O2S. The van der Waals surface area contributed by atoms with Gasteiger partial charge in [-0.3, -0.25) is 4.79 Å². The van der Waals surface area contributed by atoms with E-state index >= 15 is 0 Å². The number of methoxy groups -OCH3 is 1. The summed E-state index contributed by atoms with van der Waals surface area (Å²) >= 11 is 1.33. The van der Waals surface area contributed by atoms with E-state index in [4.69, 9.17) is 4.74 Å². The second kappa shape index (κ2) is 8.73. The maximum absolute atomic E-state index is 12.4. The number of aromatic nitrogens is 4. The molecule has 1 amide bonds. The van der Waals surface area contributed by atoms with Gasteiger partial charge in [-0.05, 0) is 53.3 Å². The number of carbonyl (C=O) groups excluding carboxylic acids is 1. The highest BCUT2D eigenvalue weighted by molar-refractivity contribution is 7.99. The Labute approximate surface area is 164 Å². The Kier molecular flexibility index (Phi) is 6.36. The molecule has 3 atom stereocenters. The summed E-state index contributed by atoms with van der Waals surface area (Å²) in [6.07, 6.45) is 3.48. The highest BCUT2D eigenvalue weighted by atomic mass is 32.2. The number of thioether (sulfide) groups is 1. The average Bonchev–Trinajstić information content (AvgIpc) is 3.12. The molecule has 1 N–H and O–H groups in total. The maximum Gasteiger partial charge on any atom is 0.230 e. The lowest BCUT2D eigenvalue weighted by atomic mass is 9.78. The van der Waals surface area contributed by atoms with Crippen LogP contribution in [0.15, 0.2) is 23.4 Å². The summed E-state index contributed by atoms with van der Waals surface area (Å²) in [6, 6.07) is 6.08. The Morgan fingerprint density at radius 1 is 1.37 bits per heavy atom. The van der Waals surface area contributed by atoms with Crippen LogP contribution < -0.4 is 10.1 Å². The molecule has 8 heteroatoms. The smallest absolute Gasteiger partial charge is 0.230 e. The van der Waals surface area contributed by atoms with Gasteiger partial charge in [0.1, 0.15) is 11.4 Å². The van der Waals surface area contributed by atoms with Crippen molar-refractivity contribution in [1.82, 2.24) is 25.5 Å². The maximum atomic E-state index is 12.4. The fraction of sp³-hybridized carbons (Fsp3) is 0.579. The van der Waals surface area contributed by atoms with Crippen molar-refractivity contribution in [3.05, 3.63) is 23.8 Å². The Bertz CT molecular complexity index is 794. The topological polar surface area (TPSA) is 81.9 Å². The Morgan fingerprint density at radius 3 is 2.96 bits per heavy atom. The second-order valence-corrected chi connectivity index (χ2v) is 8.22. The standard InChI is InChI=1S/C19H27N5O2S/c1-12-8-9-17(26-4)16(10-12)24-19(21-22-23-24)27-11-18(25)20-15-7-5-6-13(2)14(15)3/h8-10,13-15H,5-7,11H2,1-4H3,(H,20,25)/t13-,14+,15+/m1/s1. The van der Waals surface area contributed by atoms with E-state index in [0.29, 0.717) is 22.7 Å². The number of nitrogens with one attached hydrogen (secondary N) is 1. The molecule has 146 valence electrons. The molecule has 0 radical (unpaired) electrons. The third kappa shape index (κ3) is 4.61. The lowest BCUT2D eigenvalue weighted by Crippen LogP contribution is -2.44. The number of aryl methyl sites for hydroxylation is 1. The van der Waals surface area contributed by atoms with Crippen molar-refractivity contribution >= 4 is 17.7 Å². The van der Waals surface area contributed by atoms with E-state index in [1.165, 1.54) is 24.6 Å². The predicted octanol–water partition coefficient (Wildman–Crippen LogP) is 3.01. The van der Waals surface area contributed by atoms with Gasteiger partial charge in [0.25, 0.3) is 0 Å². The van der Waals surface area contributed by atoms with Crippen LogP contribution in [0.1, 0.15) is 38.7 Å². The van der Waals surface area contributed by atoms with E-state index < -0.39 is 0 Å². The minimum Gasteiger partial charge on any atom is -0.494 e. The SMILES string of the molecule is COc1ccc(C)cc1-n1nnnc1SCC(=O)N[C@H]1CCC[C@@H](C)[C@@H]1C. The van der Waals surface area contributed by atoms with Crippen molar-refractivity contribution in [2.45, 2.75) is 51.2 Å². The lowest BCUT2D eigenvalue weighted by Gasteiger charge is -2.34. The van der Waals surface area contributed by atoms with Gasteiger partial charge < -0.3 is 10.1 Å². The summed E-state index contributed by atoms with van der Waals surface area (Å²) in [7, 11) is 1.62. The summed E-state index contributed by atoms with van der Waals surface area (Å²) < 4.78 is 7.04. The van der Waals surface area contributed by atoms with Crippen LogP contribution in [0.3, 0.4) is 0 Å². The lowest BCUT2D eigenvalue weighted by molar-refractivity contribution is -0.120. The molecule has 1 aromatic heterocycles. The van der Waals surface area contributed by atoms with Gasteiger partial charge in [-0.15, -0.1) is 5.10 Å². The molecule has 0 saturated heterocycles. The van der Waals surface area contributed by atoms with Crippen LogP contribution in [0.5, 0.6) is 5.75 Å². The van der Waals surface area contributed by atoms with Gasteiger partial charge in [0, 0.05) is 6.04 Å². The van der Waals surface area contributed by atoms with E-state index in [-0.39, 0.29) is 17.7 Å². The fourth-order valence-electron chi connectivity index (χ4n) is 3.55. The molecule has 1 fully saturated rings.